The number of hydrogen-bond acceptors (Lipinski definition) is 12. The summed E-state index contributed by atoms with van der Waals surface area (Å²) in [6.45, 7) is 18.6. The Kier molecular flexibility index (Phi) is 23.8. The molecule has 7 atom stereocenters. The molecule has 1 fully saturated rings. The number of piperidine rings is 1. The van der Waals surface area contributed by atoms with Gasteiger partial charge in [0.25, 0.3) is 5.91 Å². The third kappa shape index (κ3) is 17.5. The van der Waals surface area contributed by atoms with Gasteiger partial charge >= 0.3 is 6.09 Å². The standard InChI is InChI=1S/C48H77N5O9S/c1-10-21-53(47(58)38(33(7)12-3)28-42(55)40-16-14-15-22-52(40)9)41(32(5)6)29-44(61-23-11-2)46-51-39(31-63-46)45(57)50-36(27-35-17-19-37(54)20-18-35)26-34(8)43(56)30-49-48(59)62-25-24-60-13-4/h17-20,31-34,36,38,40-41,44,54H,10-16,21-30H2,1-9H3,(H,49,59)(H,50,57)/t33-,34-,36+,38-,40+,41+,44+/m0/s1. The van der Waals surface area contributed by atoms with Crippen LogP contribution < -0.4 is 10.6 Å². The van der Waals surface area contributed by atoms with Crippen molar-refractivity contribution >= 4 is 40.8 Å². The number of benzene rings is 1. The SMILES string of the molecule is CCCO[C@H](C[C@H](C(C)C)N(CCC)C(=O)[C@@H](CC(=O)[C@H]1CCCCN1C)[C@@H](C)CC)c1nc(C(=O)N[C@@H](Cc2ccc(O)cc2)C[C@H](C)C(=O)CNC(=O)OCCOCC)cs1. The number of nitrogens with one attached hydrogen (secondary N) is 2. The van der Waals surface area contributed by atoms with Crippen LogP contribution in [0.4, 0.5) is 4.79 Å². The first-order chi connectivity index (χ1) is 30.1. The number of hydrogen-bond donors (Lipinski definition) is 3. The summed E-state index contributed by atoms with van der Waals surface area (Å²) in [4.78, 5) is 76.8. The number of ketones is 2. The van der Waals surface area contributed by atoms with Crippen LogP contribution in [0, 0.1) is 23.7 Å². The Morgan fingerprint density at radius 2 is 1.70 bits per heavy atom. The van der Waals surface area contributed by atoms with E-state index in [9.17, 15) is 29.1 Å². The number of amides is 3. The number of thiazole rings is 1. The van der Waals surface area contributed by atoms with Crippen molar-refractivity contribution in [2.45, 2.75) is 144 Å². The van der Waals surface area contributed by atoms with Crippen LogP contribution in [0.3, 0.4) is 0 Å². The van der Waals surface area contributed by atoms with E-state index in [0.717, 1.165) is 50.6 Å². The second-order valence-corrected chi connectivity index (χ2v) is 18.4. The molecule has 1 aromatic carbocycles. The molecule has 3 N–H and O–H groups in total. The van der Waals surface area contributed by atoms with Crippen LogP contribution in [-0.4, -0.2) is 121 Å². The highest BCUT2D eigenvalue weighted by atomic mass is 32.1. The zero-order valence-corrected chi connectivity index (χ0v) is 40.3. The number of ether oxygens (including phenoxy) is 3. The van der Waals surface area contributed by atoms with Crippen molar-refractivity contribution in [2.24, 2.45) is 23.7 Å². The number of aromatic nitrogens is 1. The molecule has 1 aliphatic rings. The number of alkyl carbamates (subject to hydrolysis) is 1. The molecule has 0 saturated carbocycles. The summed E-state index contributed by atoms with van der Waals surface area (Å²) in [6, 6.07) is 5.85. The van der Waals surface area contributed by atoms with Gasteiger partial charge in [0.2, 0.25) is 5.91 Å². The fourth-order valence-electron chi connectivity index (χ4n) is 8.21. The van der Waals surface area contributed by atoms with Gasteiger partial charge in [0.15, 0.2) is 11.6 Å². The van der Waals surface area contributed by atoms with Gasteiger partial charge in [-0.25, -0.2) is 9.78 Å². The minimum absolute atomic E-state index is 0.0192. The number of likely N-dealkylation sites (N-methyl/N-ethyl adjacent to an activating group) is 1. The number of carbonyl (C=O) groups is 5. The summed E-state index contributed by atoms with van der Waals surface area (Å²) < 4.78 is 16.7. The number of rotatable bonds is 29. The van der Waals surface area contributed by atoms with Gasteiger partial charge in [-0.3, -0.25) is 24.1 Å². The van der Waals surface area contributed by atoms with E-state index < -0.39 is 36.0 Å². The molecule has 1 saturated heterocycles. The van der Waals surface area contributed by atoms with E-state index in [2.05, 4.69) is 50.2 Å². The largest absolute Gasteiger partial charge is 0.508 e. The summed E-state index contributed by atoms with van der Waals surface area (Å²) in [5.74, 6) is -1.18. The van der Waals surface area contributed by atoms with Crippen molar-refractivity contribution in [2.75, 3.05) is 53.1 Å². The first-order valence-electron chi connectivity index (χ1n) is 23.3. The average Bonchev–Trinajstić information content (AvgIpc) is 3.76. The number of phenolic OH excluding ortho intramolecular Hbond substituents is 1. The van der Waals surface area contributed by atoms with Crippen LogP contribution in [0.1, 0.15) is 140 Å². The molecule has 0 spiro atoms. The van der Waals surface area contributed by atoms with Crippen molar-refractivity contribution < 1.29 is 43.3 Å². The Balaban J connectivity index is 1.82. The summed E-state index contributed by atoms with van der Waals surface area (Å²) in [5.41, 5.74) is 1.07. The fraction of sp³-hybridized carbons (Fsp3) is 0.708. The van der Waals surface area contributed by atoms with Crippen molar-refractivity contribution in [3.8, 4) is 5.75 Å². The van der Waals surface area contributed by atoms with Crippen LogP contribution in [0.5, 0.6) is 5.75 Å². The molecular weight excluding hydrogens is 823 g/mol. The highest BCUT2D eigenvalue weighted by Gasteiger charge is 2.38. The predicted octanol–water partition coefficient (Wildman–Crippen LogP) is 7.77. The first-order valence-corrected chi connectivity index (χ1v) is 24.2. The monoisotopic (exact) mass is 900 g/mol. The molecule has 15 heteroatoms. The summed E-state index contributed by atoms with van der Waals surface area (Å²) in [6.07, 6.45) is 5.44. The molecule has 354 valence electrons. The molecule has 3 rings (SSSR count). The number of Topliss-reactive ketones (excluding diaryl/α,β-unsaturated/α-hetero) is 2. The lowest BCUT2D eigenvalue weighted by Crippen LogP contribution is -2.50. The molecule has 2 aromatic rings. The normalized spacial score (nSPS) is 17.3. The summed E-state index contributed by atoms with van der Waals surface area (Å²) >= 11 is 1.34. The second-order valence-electron chi connectivity index (χ2n) is 17.5. The van der Waals surface area contributed by atoms with Crippen molar-refractivity contribution in [1.82, 2.24) is 25.4 Å². The molecule has 14 nitrogen and oxygen atoms in total. The Labute approximate surface area is 380 Å². The lowest BCUT2D eigenvalue weighted by molar-refractivity contribution is -0.145. The van der Waals surface area contributed by atoms with Crippen LogP contribution in [0.25, 0.3) is 0 Å². The molecule has 3 amide bonds. The van der Waals surface area contributed by atoms with Crippen LogP contribution in [0.15, 0.2) is 29.6 Å². The smallest absolute Gasteiger partial charge is 0.407 e. The molecule has 0 unspecified atom stereocenters. The molecule has 2 heterocycles. The number of phenols is 1. The van der Waals surface area contributed by atoms with Gasteiger partial charge in [-0.05, 0) is 88.6 Å². The number of carbonyl (C=O) groups excluding carboxylic acids is 5. The lowest BCUT2D eigenvalue weighted by Gasteiger charge is -2.40. The lowest BCUT2D eigenvalue weighted by atomic mass is 9.82. The van der Waals surface area contributed by atoms with Gasteiger partial charge in [-0.15, -0.1) is 11.3 Å². The third-order valence-electron chi connectivity index (χ3n) is 12.2. The molecule has 1 aliphatic heterocycles. The van der Waals surface area contributed by atoms with E-state index in [1.807, 2.05) is 25.8 Å². The number of aromatic hydroxyl groups is 1. The topological polar surface area (TPSA) is 177 Å². The predicted molar refractivity (Wildman–Crippen MR) is 247 cm³/mol. The number of nitrogens with zero attached hydrogens (tertiary/aromatic N) is 3. The minimum atomic E-state index is -0.709. The summed E-state index contributed by atoms with van der Waals surface area (Å²) in [7, 11) is 2.01. The maximum Gasteiger partial charge on any atom is 0.407 e. The minimum Gasteiger partial charge on any atom is -0.508 e. The van der Waals surface area contributed by atoms with E-state index in [0.29, 0.717) is 37.6 Å². The number of likely N-dealkylation sites (tertiary alicyclic amines) is 1. The third-order valence-corrected chi connectivity index (χ3v) is 13.1. The Bertz CT molecular complexity index is 1700. The van der Waals surface area contributed by atoms with Gasteiger partial charge in [0.05, 0.1) is 19.2 Å². The van der Waals surface area contributed by atoms with Gasteiger partial charge in [0.1, 0.15) is 29.2 Å². The summed E-state index contributed by atoms with van der Waals surface area (Å²) in [5, 5.41) is 17.8. The van der Waals surface area contributed by atoms with E-state index in [-0.39, 0.29) is 85.4 Å². The first kappa shape index (κ1) is 53.4. The highest BCUT2D eigenvalue weighted by Crippen LogP contribution is 2.34. The van der Waals surface area contributed by atoms with Crippen molar-refractivity contribution in [1.29, 1.82) is 0 Å². The van der Waals surface area contributed by atoms with Crippen molar-refractivity contribution in [3.63, 3.8) is 0 Å². The zero-order valence-electron chi connectivity index (χ0n) is 39.5. The maximum absolute atomic E-state index is 14.8. The fourth-order valence-corrected chi connectivity index (χ4v) is 9.07. The highest BCUT2D eigenvalue weighted by molar-refractivity contribution is 7.09. The van der Waals surface area contributed by atoms with Crippen LogP contribution in [0.2, 0.25) is 0 Å². The Hall–Kier alpha value is -3.92. The van der Waals surface area contributed by atoms with E-state index in [1.165, 1.54) is 11.3 Å². The van der Waals surface area contributed by atoms with Crippen LogP contribution >= 0.6 is 11.3 Å². The van der Waals surface area contributed by atoms with Gasteiger partial charge < -0.3 is 34.9 Å². The van der Waals surface area contributed by atoms with Gasteiger partial charge in [-0.1, -0.05) is 73.4 Å². The molecule has 0 bridgehead atoms. The van der Waals surface area contributed by atoms with Crippen molar-refractivity contribution in [3.05, 3.63) is 45.9 Å². The quantitative estimate of drug-likeness (QED) is 0.0680. The Morgan fingerprint density at radius 3 is 2.33 bits per heavy atom. The second kappa shape index (κ2) is 28.1. The van der Waals surface area contributed by atoms with Gasteiger partial charge in [0, 0.05) is 61.9 Å². The molecule has 0 aliphatic carbocycles. The molecule has 0 radical (unpaired) electrons. The molecule has 63 heavy (non-hydrogen) atoms. The maximum atomic E-state index is 14.8. The molecular formula is C48H77N5O9S. The average molecular weight is 900 g/mol. The van der Waals surface area contributed by atoms with E-state index >= 15 is 0 Å². The van der Waals surface area contributed by atoms with Crippen LogP contribution in [-0.2, 0) is 35.0 Å². The zero-order chi connectivity index (χ0) is 46.5. The Morgan fingerprint density at radius 1 is 0.968 bits per heavy atom. The van der Waals surface area contributed by atoms with E-state index in [1.54, 1.807) is 36.6 Å². The molecule has 1 aromatic heterocycles. The van der Waals surface area contributed by atoms with E-state index in [4.69, 9.17) is 19.2 Å². The van der Waals surface area contributed by atoms with Gasteiger partial charge in [-0.2, -0.15) is 0 Å².